The Balaban J connectivity index is 1.46. The van der Waals surface area contributed by atoms with Crippen molar-refractivity contribution < 1.29 is 9.26 Å². The Morgan fingerprint density at radius 2 is 2.23 bits per heavy atom. The van der Waals surface area contributed by atoms with Gasteiger partial charge >= 0.3 is 0 Å². The zero-order valence-electron chi connectivity index (χ0n) is 12.9. The van der Waals surface area contributed by atoms with E-state index in [9.17, 15) is 0 Å². The van der Waals surface area contributed by atoms with Crippen LogP contribution >= 0.6 is 11.3 Å². The summed E-state index contributed by atoms with van der Waals surface area (Å²) in [6, 6.07) is 0.118. The van der Waals surface area contributed by atoms with Gasteiger partial charge < -0.3 is 9.26 Å². The number of rotatable bonds is 4. The first-order chi connectivity index (χ1) is 10.7. The molecule has 0 spiro atoms. The Kier molecular flexibility index (Phi) is 3.71. The molecule has 2 aliphatic rings. The molecule has 1 saturated carbocycles. The largest absolute Gasteiger partial charge is 0.368 e. The Hall–Kier alpha value is -1.31. The molecular formula is C15H20N4O2S. The average Bonchev–Trinajstić information content (AvgIpc) is 3.10. The molecule has 118 valence electrons. The van der Waals surface area contributed by atoms with Crippen LogP contribution in [0.2, 0.25) is 0 Å². The molecule has 2 aromatic heterocycles. The number of hydrogen-bond acceptors (Lipinski definition) is 7. The van der Waals surface area contributed by atoms with Crippen molar-refractivity contribution in [2.24, 2.45) is 0 Å². The van der Waals surface area contributed by atoms with E-state index in [4.69, 9.17) is 9.26 Å². The maximum atomic E-state index is 5.89. The third-order valence-corrected chi connectivity index (χ3v) is 5.37. The normalized spacial score (nSPS) is 24.5. The van der Waals surface area contributed by atoms with Gasteiger partial charge in [0.15, 0.2) is 5.82 Å². The molecule has 0 aromatic carbocycles. The van der Waals surface area contributed by atoms with Crippen molar-refractivity contribution in [1.29, 1.82) is 0 Å². The smallest absolute Gasteiger partial charge is 0.243 e. The molecule has 0 bridgehead atoms. The second-order valence-corrected chi connectivity index (χ2v) is 7.01. The van der Waals surface area contributed by atoms with Gasteiger partial charge in [0.25, 0.3) is 0 Å². The van der Waals surface area contributed by atoms with Gasteiger partial charge in [-0.05, 0) is 26.7 Å². The molecule has 22 heavy (non-hydrogen) atoms. The fourth-order valence-corrected chi connectivity index (χ4v) is 3.61. The summed E-state index contributed by atoms with van der Waals surface area (Å²) >= 11 is 1.67. The molecule has 0 radical (unpaired) electrons. The van der Waals surface area contributed by atoms with Crippen molar-refractivity contribution in [2.45, 2.75) is 44.8 Å². The summed E-state index contributed by atoms with van der Waals surface area (Å²) in [6.45, 7) is 6.54. The van der Waals surface area contributed by atoms with E-state index in [-0.39, 0.29) is 12.1 Å². The predicted molar refractivity (Wildman–Crippen MR) is 81.8 cm³/mol. The van der Waals surface area contributed by atoms with Crippen molar-refractivity contribution in [3.63, 3.8) is 0 Å². The maximum Gasteiger partial charge on any atom is 0.243 e. The van der Waals surface area contributed by atoms with E-state index >= 15 is 0 Å². The van der Waals surface area contributed by atoms with Crippen LogP contribution in [0.3, 0.4) is 0 Å². The minimum atomic E-state index is 0.0423. The summed E-state index contributed by atoms with van der Waals surface area (Å²) in [7, 11) is 0. The maximum absolute atomic E-state index is 5.89. The monoisotopic (exact) mass is 320 g/mol. The molecule has 0 amide bonds. The lowest BCUT2D eigenvalue weighted by Gasteiger charge is -2.34. The minimum Gasteiger partial charge on any atom is -0.368 e. The van der Waals surface area contributed by atoms with Gasteiger partial charge in [-0.3, -0.25) is 4.90 Å². The van der Waals surface area contributed by atoms with Crippen LogP contribution in [0.1, 0.15) is 60.2 Å². The highest BCUT2D eigenvalue weighted by molar-refractivity contribution is 7.09. The van der Waals surface area contributed by atoms with Crippen LogP contribution in [-0.2, 0) is 4.74 Å². The molecule has 1 aliphatic heterocycles. The van der Waals surface area contributed by atoms with Crippen LogP contribution in [0.5, 0.6) is 0 Å². The van der Waals surface area contributed by atoms with Gasteiger partial charge in [-0.2, -0.15) is 4.98 Å². The summed E-state index contributed by atoms with van der Waals surface area (Å²) in [5, 5.41) is 7.24. The molecule has 7 heteroatoms. The average molecular weight is 320 g/mol. The summed E-state index contributed by atoms with van der Waals surface area (Å²) < 4.78 is 11.4. The van der Waals surface area contributed by atoms with Crippen LogP contribution < -0.4 is 0 Å². The van der Waals surface area contributed by atoms with Crippen LogP contribution in [0.15, 0.2) is 9.90 Å². The molecule has 2 fully saturated rings. The summed E-state index contributed by atoms with van der Waals surface area (Å²) in [5.74, 6) is 2.13. The summed E-state index contributed by atoms with van der Waals surface area (Å²) in [6.07, 6.45) is 2.42. The summed E-state index contributed by atoms with van der Waals surface area (Å²) in [5.41, 5.74) is 1.06. The topological polar surface area (TPSA) is 64.3 Å². The highest BCUT2D eigenvalue weighted by Crippen LogP contribution is 2.39. The Morgan fingerprint density at radius 3 is 2.95 bits per heavy atom. The van der Waals surface area contributed by atoms with E-state index in [0.717, 1.165) is 35.5 Å². The summed E-state index contributed by atoms with van der Waals surface area (Å²) in [4.78, 5) is 11.5. The van der Waals surface area contributed by atoms with Gasteiger partial charge in [-0.25, -0.2) is 4.98 Å². The Morgan fingerprint density at radius 1 is 1.36 bits per heavy atom. The highest BCUT2D eigenvalue weighted by atomic mass is 32.1. The van der Waals surface area contributed by atoms with E-state index in [2.05, 4.69) is 32.3 Å². The number of ether oxygens (including phenoxy) is 1. The quantitative estimate of drug-likeness (QED) is 0.863. The molecule has 1 aliphatic carbocycles. The van der Waals surface area contributed by atoms with Gasteiger partial charge in [0, 0.05) is 30.1 Å². The van der Waals surface area contributed by atoms with Crippen LogP contribution in [-0.4, -0.2) is 39.7 Å². The molecular weight excluding hydrogens is 300 g/mol. The van der Waals surface area contributed by atoms with Gasteiger partial charge in [-0.1, -0.05) is 5.16 Å². The van der Waals surface area contributed by atoms with E-state index in [1.807, 2.05) is 6.92 Å². The number of nitrogens with zero attached hydrogens (tertiary/aromatic N) is 4. The molecule has 6 nitrogen and oxygen atoms in total. The van der Waals surface area contributed by atoms with Gasteiger partial charge in [0.05, 0.1) is 12.6 Å². The number of hydrogen-bond donors (Lipinski definition) is 0. The van der Waals surface area contributed by atoms with Gasteiger partial charge in [0.2, 0.25) is 5.89 Å². The number of morpholine rings is 1. The van der Waals surface area contributed by atoms with Crippen molar-refractivity contribution in [3.8, 4) is 0 Å². The second-order valence-electron chi connectivity index (χ2n) is 6.12. The molecule has 2 aromatic rings. The first-order valence-electron chi connectivity index (χ1n) is 7.82. The lowest BCUT2D eigenvalue weighted by molar-refractivity contribution is -0.0470. The van der Waals surface area contributed by atoms with E-state index in [1.165, 1.54) is 12.8 Å². The standard InChI is InChI=1S/C15H20N4O2S/c1-9-8-22-15(16-9)12-7-19(5-6-20-12)10(2)14-17-13(18-21-14)11-3-4-11/h8,10-12H,3-7H2,1-2H3. The van der Waals surface area contributed by atoms with Gasteiger partial charge in [-0.15, -0.1) is 11.3 Å². The van der Waals surface area contributed by atoms with Crippen LogP contribution in [0, 0.1) is 6.92 Å². The molecule has 3 heterocycles. The fourth-order valence-electron chi connectivity index (χ4n) is 2.77. The molecule has 4 rings (SSSR count). The Labute approximate surface area is 133 Å². The lowest BCUT2D eigenvalue weighted by atomic mass is 10.2. The van der Waals surface area contributed by atoms with Crippen molar-refractivity contribution in [1.82, 2.24) is 20.0 Å². The van der Waals surface area contributed by atoms with E-state index in [0.29, 0.717) is 12.5 Å². The number of aryl methyl sites for hydroxylation is 1. The third-order valence-electron chi connectivity index (χ3n) is 4.32. The number of aromatic nitrogens is 3. The number of thiazole rings is 1. The SMILES string of the molecule is Cc1csc(C2CN(C(C)c3nc(C4CC4)no3)CCO2)n1. The van der Waals surface area contributed by atoms with Crippen LogP contribution in [0.4, 0.5) is 0 Å². The third kappa shape index (κ3) is 2.80. The first kappa shape index (κ1) is 14.3. The highest BCUT2D eigenvalue weighted by Gasteiger charge is 2.33. The first-order valence-corrected chi connectivity index (χ1v) is 8.70. The zero-order chi connectivity index (χ0) is 15.1. The van der Waals surface area contributed by atoms with Crippen LogP contribution in [0.25, 0.3) is 0 Å². The minimum absolute atomic E-state index is 0.0423. The van der Waals surface area contributed by atoms with Crippen molar-refractivity contribution >= 4 is 11.3 Å². The predicted octanol–water partition coefficient (Wildman–Crippen LogP) is 2.85. The lowest BCUT2D eigenvalue weighted by Crippen LogP contribution is -2.40. The van der Waals surface area contributed by atoms with Gasteiger partial charge in [0.1, 0.15) is 11.1 Å². The van der Waals surface area contributed by atoms with Crippen molar-refractivity contribution in [3.05, 3.63) is 27.8 Å². The van der Waals surface area contributed by atoms with E-state index in [1.54, 1.807) is 11.3 Å². The molecule has 1 saturated heterocycles. The Bertz CT molecular complexity index is 652. The zero-order valence-corrected chi connectivity index (χ0v) is 13.7. The molecule has 0 N–H and O–H groups in total. The van der Waals surface area contributed by atoms with E-state index < -0.39 is 0 Å². The molecule has 2 unspecified atom stereocenters. The van der Waals surface area contributed by atoms with Crippen molar-refractivity contribution in [2.75, 3.05) is 19.7 Å². The molecule has 2 atom stereocenters. The fraction of sp³-hybridized carbons (Fsp3) is 0.667. The second kappa shape index (κ2) is 5.72.